The predicted molar refractivity (Wildman–Crippen MR) is 78.8 cm³/mol. The lowest BCUT2D eigenvalue weighted by Crippen LogP contribution is -2.36. The first-order chi connectivity index (χ1) is 9.26. The summed E-state index contributed by atoms with van der Waals surface area (Å²) >= 11 is 0. The van der Waals surface area contributed by atoms with Gasteiger partial charge < -0.3 is 5.11 Å². The van der Waals surface area contributed by atoms with Crippen molar-refractivity contribution < 1.29 is 5.11 Å². The van der Waals surface area contributed by atoms with Crippen molar-refractivity contribution in [2.75, 3.05) is 13.6 Å². The van der Waals surface area contributed by atoms with Gasteiger partial charge in [-0.1, -0.05) is 6.07 Å². The van der Waals surface area contributed by atoms with Gasteiger partial charge in [0, 0.05) is 25.4 Å². The maximum absolute atomic E-state index is 12.1. The molecule has 5 heteroatoms. The molecule has 0 saturated heterocycles. The maximum atomic E-state index is 12.1. The van der Waals surface area contributed by atoms with Gasteiger partial charge in [0.2, 0.25) is 0 Å². The Morgan fingerprint density at radius 1 is 1.45 bits per heavy atom. The van der Waals surface area contributed by atoms with Crippen LogP contribution < -0.4 is 5.56 Å². The van der Waals surface area contributed by atoms with Gasteiger partial charge in [0.25, 0.3) is 5.56 Å². The molecule has 0 fully saturated rings. The highest BCUT2D eigenvalue weighted by Gasteiger charge is 2.16. The minimum Gasteiger partial charge on any atom is -0.389 e. The van der Waals surface area contributed by atoms with Crippen LogP contribution in [0.2, 0.25) is 0 Å². The summed E-state index contributed by atoms with van der Waals surface area (Å²) in [7, 11) is 1.90. The van der Waals surface area contributed by atoms with Gasteiger partial charge >= 0.3 is 0 Å². The van der Waals surface area contributed by atoms with E-state index in [-0.39, 0.29) is 5.56 Å². The van der Waals surface area contributed by atoms with E-state index in [2.05, 4.69) is 4.98 Å². The highest BCUT2D eigenvalue weighted by Crippen LogP contribution is 2.09. The Kier molecular flexibility index (Phi) is 3.92. The molecule has 0 radical (unpaired) electrons. The zero-order chi connectivity index (χ0) is 14.9. The third kappa shape index (κ3) is 3.43. The van der Waals surface area contributed by atoms with E-state index >= 15 is 0 Å². The summed E-state index contributed by atoms with van der Waals surface area (Å²) in [6.45, 7) is 6.50. The lowest BCUT2D eigenvalue weighted by atomic mass is 10.1. The van der Waals surface area contributed by atoms with Crippen LogP contribution in [0.25, 0.3) is 5.65 Å². The molecule has 0 atom stereocenters. The third-order valence-corrected chi connectivity index (χ3v) is 3.03. The number of hydrogen-bond acceptors (Lipinski definition) is 4. The molecule has 0 unspecified atom stereocenters. The van der Waals surface area contributed by atoms with E-state index in [1.54, 1.807) is 30.5 Å². The number of pyridine rings is 1. The average Bonchev–Trinajstić information content (AvgIpc) is 2.28. The Bertz CT molecular complexity index is 671. The van der Waals surface area contributed by atoms with Crippen LogP contribution in [0.4, 0.5) is 0 Å². The molecule has 0 aliphatic heterocycles. The van der Waals surface area contributed by atoms with Crippen LogP contribution in [0.3, 0.4) is 0 Å². The summed E-state index contributed by atoms with van der Waals surface area (Å²) in [4.78, 5) is 18.6. The Labute approximate surface area is 118 Å². The molecule has 0 bridgehead atoms. The van der Waals surface area contributed by atoms with Crippen LogP contribution in [0.15, 0.2) is 29.2 Å². The van der Waals surface area contributed by atoms with Crippen molar-refractivity contribution in [1.29, 1.82) is 0 Å². The Balaban J connectivity index is 2.32. The molecule has 0 spiro atoms. The number of nitrogens with zero attached hydrogens (tertiary/aromatic N) is 3. The van der Waals surface area contributed by atoms with Gasteiger partial charge in [-0.25, -0.2) is 4.98 Å². The smallest absolute Gasteiger partial charge is 0.258 e. The normalized spacial score (nSPS) is 12.3. The second-order valence-electron chi connectivity index (χ2n) is 5.96. The minimum atomic E-state index is -0.767. The predicted octanol–water partition coefficient (Wildman–Crippen LogP) is 1.21. The molecule has 1 N–H and O–H groups in total. The van der Waals surface area contributed by atoms with E-state index in [9.17, 15) is 9.90 Å². The van der Waals surface area contributed by atoms with E-state index in [4.69, 9.17) is 0 Å². The summed E-state index contributed by atoms with van der Waals surface area (Å²) in [6, 6.07) is 5.32. The molecule has 0 aliphatic carbocycles. The van der Waals surface area contributed by atoms with Crippen LogP contribution in [0, 0.1) is 6.92 Å². The molecule has 108 valence electrons. The van der Waals surface area contributed by atoms with E-state index in [0.29, 0.717) is 18.7 Å². The van der Waals surface area contributed by atoms with Crippen LogP contribution in [0.1, 0.15) is 25.1 Å². The lowest BCUT2D eigenvalue weighted by molar-refractivity contribution is 0.0421. The van der Waals surface area contributed by atoms with Gasteiger partial charge in [-0.15, -0.1) is 0 Å². The van der Waals surface area contributed by atoms with Gasteiger partial charge in [-0.2, -0.15) is 0 Å². The second kappa shape index (κ2) is 5.34. The number of aromatic nitrogens is 2. The summed E-state index contributed by atoms with van der Waals surface area (Å²) in [5.74, 6) is 0. The molecule has 5 nitrogen and oxygen atoms in total. The van der Waals surface area contributed by atoms with Gasteiger partial charge in [0.05, 0.1) is 11.3 Å². The van der Waals surface area contributed by atoms with Crippen molar-refractivity contribution in [3.05, 3.63) is 46.0 Å². The standard InChI is InChI=1S/C15H21N3O2/c1-11-6-5-7-18-13(19)8-12(16-14(11)18)9-17(4)10-15(2,3)20/h5-8,20H,9-10H2,1-4H3. The maximum Gasteiger partial charge on any atom is 0.258 e. The van der Waals surface area contributed by atoms with E-state index in [1.807, 2.05) is 31.0 Å². The summed E-state index contributed by atoms with van der Waals surface area (Å²) in [5, 5.41) is 9.81. The largest absolute Gasteiger partial charge is 0.389 e. The molecule has 0 aliphatic rings. The summed E-state index contributed by atoms with van der Waals surface area (Å²) < 4.78 is 1.55. The van der Waals surface area contributed by atoms with E-state index in [1.165, 1.54) is 0 Å². The van der Waals surface area contributed by atoms with Gasteiger partial charge in [0.15, 0.2) is 0 Å². The molecule has 2 aromatic heterocycles. The first-order valence-electron chi connectivity index (χ1n) is 6.65. The van der Waals surface area contributed by atoms with Crippen molar-refractivity contribution in [2.45, 2.75) is 32.9 Å². The van der Waals surface area contributed by atoms with Crippen molar-refractivity contribution in [2.24, 2.45) is 0 Å². The monoisotopic (exact) mass is 275 g/mol. The zero-order valence-electron chi connectivity index (χ0n) is 12.4. The average molecular weight is 275 g/mol. The fourth-order valence-electron chi connectivity index (χ4n) is 2.38. The number of rotatable bonds is 4. The molecule has 2 rings (SSSR count). The molecule has 0 saturated carbocycles. The lowest BCUT2D eigenvalue weighted by Gasteiger charge is -2.25. The summed E-state index contributed by atoms with van der Waals surface area (Å²) in [5.41, 5.74) is 1.53. The minimum absolute atomic E-state index is 0.0784. The number of aryl methyl sites for hydroxylation is 1. The van der Waals surface area contributed by atoms with Crippen molar-refractivity contribution in [3.8, 4) is 0 Å². The molecule has 2 aromatic rings. The topological polar surface area (TPSA) is 57.8 Å². The number of fused-ring (bicyclic) bond motifs is 1. The van der Waals surface area contributed by atoms with Crippen LogP contribution in [0.5, 0.6) is 0 Å². The molecule has 20 heavy (non-hydrogen) atoms. The van der Waals surface area contributed by atoms with Crippen molar-refractivity contribution in [3.63, 3.8) is 0 Å². The quantitative estimate of drug-likeness (QED) is 0.911. The molecular formula is C15H21N3O2. The van der Waals surface area contributed by atoms with Crippen molar-refractivity contribution in [1.82, 2.24) is 14.3 Å². The SMILES string of the molecule is Cc1cccn2c(=O)cc(CN(C)CC(C)(C)O)nc12. The molecule has 0 aromatic carbocycles. The highest BCUT2D eigenvalue weighted by atomic mass is 16.3. The van der Waals surface area contributed by atoms with E-state index in [0.717, 1.165) is 11.3 Å². The van der Waals surface area contributed by atoms with Gasteiger partial charge in [-0.3, -0.25) is 14.1 Å². The zero-order valence-corrected chi connectivity index (χ0v) is 12.4. The van der Waals surface area contributed by atoms with Crippen LogP contribution in [-0.4, -0.2) is 38.6 Å². The molecule has 2 heterocycles. The fourth-order valence-corrected chi connectivity index (χ4v) is 2.38. The molecular weight excluding hydrogens is 254 g/mol. The Morgan fingerprint density at radius 3 is 2.80 bits per heavy atom. The Morgan fingerprint density at radius 2 is 2.15 bits per heavy atom. The fraction of sp³-hybridized carbons (Fsp3) is 0.467. The first-order valence-corrected chi connectivity index (χ1v) is 6.65. The number of likely N-dealkylation sites (N-methyl/N-ethyl adjacent to an activating group) is 1. The number of hydrogen-bond donors (Lipinski definition) is 1. The van der Waals surface area contributed by atoms with Gasteiger partial charge in [0.1, 0.15) is 5.65 Å². The third-order valence-electron chi connectivity index (χ3n) is 3.03. The van der Waals surface area contributed by atoms with Crippen molar-refractivity contribution >= 4 is 5.65 Å². The van der Waals surface area contributed by atoms with Crippen LogP contribution >= 0.6 is 0 Å². The summed E-state index contributed by atoms with van der Waals surface area (Å²) in [6.07, 6.45) is 1.72. The number of aliphatic hydroxyl groups is 1. The second-order valence-corrected chi connectivity index (χ2v) is 5.96. The molecule has 0 amide bonds. The highest BCUT2D eigenvalue weighted by molar-refractivity contribution is 5.46. The first kappa shape index (κ1) is 14.7. The van der Waals surface area contributed by atoms with E-state index < -0.39 is 5.60 Å². The van der Waals surface area contributed by atoms with Crippen LogP contribution in [-0.2, 0) is 6.54 Å². The Hall–Kier alpha value is -1.72. The van der Waals surface area contributed by atoms with Gasteiger partial charge in [-0.05, 0) is 39.4 Å².